The molecule has 2 rings (SSSR count). The van der Waals surface area contributed by atoms with Crippen molar-refractivity contribution in [3.05, 3.63) is 29.3 Å². The first-order chi connectivity index (χ1) is 11.0. The number of ether oxygens (including phenoxy) is 1. The van der Waals surface area contributed by atoms with Crippen LogP contribution in [0, 0.1) is 13.8 Å². The summed E-state index contributed by atoms with van der Waals surface area (Å²) in [5.41, 5.74) is 2.54. The molecule has 0 spiro atoms. The van der Waals surface area contributed by atoms with Gasteiger partial charge in [-0.05, 0) is 56.4 Å². The minimum atomic E-state index is -0.395. The molecule has 1 amide bonds. The summed E-state index contributed by atoms with van der Waals surface area (Å²) in [4.78, 5) is 27.2. The van der Waals surface area contributed by atoms with Gasteiger partial charge in [0.15, 0.2) is 0 Å². The largest absolute Gasteiger partial charge is 0.467 e. The summed E-state index contributed by atoms with van der Waals surface area (Å²) in [5.74, 6) is 0.488. The zero-order chi connectivity index (χ0) is 16.8. The third kappa shape index (κ3) is 4.74. The normalized spacial score (nSPS) is 17.9. The molecule has 0 saturated carbocycles. The van der Waals surface area contributed by atoms with Crippen molar-refractivity contribution in [2.45, 2.75) is 50.5 Å². The number of amides is 1. The summed E-state index contributed by atoms with van der Waals surface area (Å²) in [6.45, 7) is 4.85. The van der Waals surface area contributed by atoms with Crippen molar-refractivity contribution < 1.29 is 14.3 Å². The van der Waals surface area contributed by atoms with Crippen LogP contribution in [0.4, 0.5) is 0 Å². The Balaban J connectivity index is 1.87. The molecule has 1 heterocycles. The smallest absolute Gasteiger partial charge is 0.328 e. The van der Waals surface area contributed by atoms with E-state index in [-0.39, 0.29) is 11.9 Å². The molecule has 0 N–H and O–H groups in total. The molecule has 1 aromatic rings. The first-order valence-electron chi connectivity index (χ1n) is 8.10. The van der Waals surface area contributed by atoms with Crippen LogP contribution < -0.4 is 0 Å². The van der Waals surface area contributed by atoms with Crippen LogP contribution in [0.2, 0.25) is 0 Å². The Labute approximate surface area is 142 Å². The number of hydrogen-bond acceptors (Lipinski definition) is 4. The molecule has 1 aliphatic rings. The summed E-state index contributed by atoms with van der Waals surface area (Å²) in [6, 6.07) is 5.96. The fourth-order valence-electron chi connectivity index (χ4n) is 2.81. The highest BCUT2D eigenvalue weighted by molar-refractivity contribution is 7.99. The molecule has 0 aromatic heterocycles. The van der Waals surface area contributed by atoms with Gasteiger partial charge in [0, 0.05) is 23.6 Å². The number of hydrogen-bond donors (Lipinski definition) is 0. The predicted molar refractivity (Wildman–Crippen MR) is 92.6 cm³/mol. The first kappa shape index (κ1) is 17.9. The summed E-state index contributed by atoms with van der Waals surface area (Å²) in [7, 11) is 1.38. The fourth-order valence-corrected chi connectivity index (χ4v) is 3.75. The lowest BCUT2D eigenvalue weighted by Gasteiger charge is -2.33. The Hall–Kier alpha value is -1.49. The van der Waals surface area contributed by atoms with Gasteiger partial charge in [-0.2, -0.15) is 0 Å². The van der Waals surface area contributed by atoms with Gasteiger partial charge in [0.05, 0.1) is 7.11 Å². The van der Waals surface area contributed by atoms with Gasteiger partial charge in [0.2, 0.25) is 5.91 Å². The third-order valence-corrected chi connectivity index (χ3v) is 5.35. The maximum atomic E-state index is 12.4. The Kier molecular flexibility index (Phi) is 6.51. The molecular weight excluding hydrogens is 310 g/mol. The van der Waals surface area contributed by atoms with Gasteiger partial charge in [0.1, 0.15) is 6.04 Å². The van der Waals surface area contributed by atoms with Crippen molar-refractivity contribution in [2.75, 3.05) is 19.4 Å². The number of piperidine rings is 1. The van der Waals surface area contributed by atoms with E-state index in [9.17, 15) is 9.59 Å². The van der Waals surface area contributed by atoms with Crippen molar-refractivity contribution in [1.82, 2.24) is 4.90 Å². The molecular formula is C18H25NO3S. The lowest BCUT2D eigenvalue weighted by molar-refractivity contribution is -0.154. The molecule has 1 aliphatic heterocycles. The van der Waals surface area contributed by atoms with Gasteiger partial charge in [0.25, 0.3) is 0 Å². The van der Waals surface area contributed by atoms with Crippen molar-refractivity contribution in [3.8, 4) is 0 Å². The van der Waals surface area contributed by atoms with Gasteiger partial charge in [-0.1, -0.05) is 6.07 Å². The van der Waals surface area contributed by atoms with Crippen LogP contribution in [0.15, 0.2) is 23.1 Å². The monoisotopic (exact) mass is 335 g/mol. The highest BCUT2D eigenvalue weighted by atomic mass is 32.2. The Morgan fingerprint density at radius 2 is 2.04 bits per heavy atom. The number of aryl methyl sites for hydroxylation is 2. The fraction of sp³-hybridized carbons (Fsp3) is 0.556. The predicted octanol–water partition coefficient (Wildman–Crippen LogP) is 3.34. The first-order valence-corrected chi connectivity index (χ1v) is 9.09. The van der Waals surface area contributed by atoms with Crippen LogP contribution in [-0.4, -0.2) is 42.2 Å². The zero-order valence-corrected chi connectivity index (χ0v) is 14.9. The van der Waals surface area contributed by atoms with Gasteiger partial charge in [-0.3, -0.25) is 4.79 Å². The summed E-state index contributed by atoms with van der Waals surface area (Å²) < 4.78 is 4.83. The summed E-state index contributed by atoms with van der Waals surface area (Å²) in [6.07, 6.45) is 3.10. The minimum Gasteiger partial charge on any atom is -0.467 e. The van der Waals surface area contributed by atoms with Crippen LogP contribution >= 0.6 is 11.8 Å². The minimum absolute atomic E-state index is 0.0523. The van der Waals surface area contributed by atoms with E-state index < -0.39 is 6.04 Å². The van der Waals surface area contributed by atoms with Crippen molar-refractivity contribution in [3.63, 3.8) is 0 Å². The second-order valence-electron chi connectivity index (χ2n) is 5.97. The lowest BCUT2D eigenvalue weighted by Crippen LogP contribution is -2.48. The number of carbonyl (C=O) groups excluding carboxylic acids is 2. The maximum absolute atomic E-state index is 12.4. The van der Waals surface area contributed by atoms with Crippen LogP contribution in [0.1, 0.15) is 36.8 Å². The molecule has 0 bridgehead atoms. The number of methoxy groups -OCH3 is 1. The molecule has 1 atom stereocenters. The van der Waals surface area contributed by atoms with Gasteiger partial charge in [-0.25, -0.2) is 4.79 Å². The highest BCUT2D eigenvalue weighted by Gasteiger charge is 2.32. The van der Waals surface area contributed by atoms with Crippen LogP contribution in [0.3, 0.4) is 0 Å². The lowest BCUT2D eigenvalue weighted by atomic mass is 10.0. The SMILES string of the molecule is COC(=O)C1CCCCN1C(=O)CCSc1ccc(C)c(C)c1. The third-order valence-electron chi connectivity index (χ3n) is 4.36. The molecule has 1 unspecified atom stereocenters. The second-order valence-corrected chi connectivity index (χ2v) is 7.13. The number of rotatable bonds is 5. The van der Waals surface area contributed by atoms with E-state index >= 15 is 0 Å². The molecule has 1 saturated heterocycles. The second kappa shape index (κ2) is 8.39. The quantitative estimate of drug-likeness (QED) is 0.611. The van der Waals surface area contributed by atoms with E-state index in [1.165, 1.54) is 23.1 Å². The van der Waals surface area contributed by atoms with Crippen molar-refractivity contribution in [2.24, 2.45) is 0 Å². The van der Waals surface area contributed by atoms with Crippen LogP contribution in [-0.2, 0) is 14.3 Å². The molecule has 5 heteroatoms. The van der Waals surface area contributed by atoms with E-state index in [0.29, 0.717) is 19.4 Å². The number of benzene rings is 1. The summed E-state index contributed by atoms with van der Waals surface area (Å²) in [5, 5.41) is 0. The average Bonchev–Trinajstić information content (AvgIpc) is 2.57. The molecule has 126 valence electrons. The highest BCUT2D eigenvalue weighted by Crippen LogP contribution is 2.23. The average molecular weight is 335 g/mol. The van der Waals surface area contributed by atoms with E-state index in [1.807, 2.05) is 0 Å². The van der Waals surface area contributed by atoms with E-state index in [1.54, 1.807) is 16.7 Å². The van der Waals surface area contributed by atoms with E-state index in [4.69, 9.17) is 4.74 Å². The molecule has 23 heavy (non-hydrogen) atoms. The van der Waals surface area contributed by atoms with Gasteiger partial charge in [-0.15, -0.1) is 11.8 Å². The molecule has 1 aromatic carbocycles. The number of likely N-dealkylation sites (tertiary alicyclic amines) is 1. The van der Waals surface area contributed by atoms with Gasteiger partial charge >= 0.3 is 5.97 Å². The molecule has 0 aliphatic carbocycles. The Morgan fingerprint density at radius 1 is 1.26 bits per heavy atom. The molecule has 4 nitrogen and oxygen atoms in total. The standard InChI is InChI=1S/C18H25NO3S/c1-13-7-8-15(12-14(13)2)23-11-9-17(20)19-10-5-4-6-16(19)18(21)22-3/h7-8,12,16H,4-6,9-11H2,1-3H3. The molecule has 1 fully saturated rings. The maximum Gasteiger partial charge on any atom is 0.328 e. The van der Waals surface area contributed by atoms with Crippen molar-refractivity contribution >= 4 is 23.6 Å². The number of nitrogens with zero attached hydrogens (tertiary/aromatic N) is 1. The van der Waals surface area contributed by atoms with Crippen LogP contribution in [0.25, 0.3) is 0 Å². The Morgan fingerprint density at radius 3 is 2.74 bits per heavy atom. The number of thioether (sulfide) groups is 1. The number of esters is 1. The summed E-state index contributed by atoms with van der Waals surface area (Å²) >= 11 is 1.69. The van der Waals surface area contributed by atoms with Crippen LogP contribution in [0.5, 0.6) is 0 Å². The van der Waals surface area contributed by atoms with Crippen molar-refractivity contribution in [1.29, 1.82) is 0 Å². The van der Waals surface area contributed by atoms with E-state index in [2.05, 4.69) is 32.0 Å². The topological polar surface area (TPSA) is 46.6 Å². The zero-order valence-electron chi connectivity index (χ0n) is 14.1. The van der Waals surface area contributed by atoms with E-state index in [0.717, 1.165) is 18.6 Å². The van der Waals surface area contributed by atoms with Gasteiger partial charge < -0.3 is 9.64 Å². The molecule has 0 radical (unpaired) electrons. The Bertz CT molecular complexity index is 573. The number of carbonyl (C=O) groups is 2.